The highest BCUT2D eigenvalue weighted by Crippen LogP contribution is 2.46. The summed E-state index contributed by atoms with van der Waals surface area (Å²) in [5.41, 5.74) is 2.68. The van der Waals surface area contributed by atoms with Crippen LogP contribution in [-0.2, 0) is 10.5 Å². The molecule has 1 aromatic carbocycles. The van der Waals surface area contributed by atoms with Crippen molar-refractivity contribution in [1.29, 1.82) is 5.26 Å². The number of carbonyl (C=O) groups excluding carboxylic acids is 1. The number of hydrogen-bond acceptors (Lipinski definition) is 5. The van der Waals surface area contributed by atoms with E-state index in [1.54, 1.807) is 29.2 Å². The van der Waals surface area contributed by atoms with E-state index in [1.807, 2.05) is 6.08 Å². The van der Waals surface area contributed by atoms with E-state index in [1.165, 1.54) is 19.1 Å². The van der Waals surface area contributed by atoms with Gasteiger partial charge < -0.3 is 9.64 Å². The van der Waals surface area contributed by atoms with Crippen LogP contribution >= 0.6 is 0 Å². The Morgan fingerprint density at radius 3 is 2.56 bits per heavy atom. The zero-order chi connectivity index (χ0) is 25.3. The van der Waals surface area contributed by atoms with Gasteiger partial charge >= 0.3 is 6.01 Å². The summed E-state index contributed by atoms with van der Waals surface area (Å²) in [7, 11) is 1.53. The highest BCUT2D eigenvalue weighted by molar-refractivity contribution is 5.98. The summed E-state index contributed by atoms with van der Waals surface area (Å²) in [6.45, 7) is 2.84. The van der Waals surface area contributed by atoms with E-state index in [2.05, 4.69) is 28.2 Å². The van der Waals surface area contributed by atoms with Crippen molar-refractivity contribution >= 4 is 11.5 Å². The Bertz CT molecular complexity index is 1230. The third-order valence-electron chi connectivity index (χ3n) is 8.17. The van der Waals surface area contributed by atoms with Crippen LogP contribution in [0.15, 0.2) is 41.5 Å². The standard InChI is InChI=1S/C28H32FN5O2/c1-3-19-15-22(20-5-4-6-20)24(25-31-27(36-2)33-32-25)16-23(19)26(35)34-13-11-28(29,12-14-34)21-9-7-18(17-30)8-10-21/h7-10,16,19-20H,3-6,11-15H2,1-2H3,(H,31,32,33). The fourth-order valence-corrected chi connectivity index (χ4v) is 5.65. The molecule has 2 aromatic rings. The minimum Gasteiger partial charge on any atom is -0.466 e. The molecule has 7 nitrogen and oxygen atoms in total. The normalized spacial score (nSPS) is 22.0. The number of hydrogen-bond donors (Lipinski definition) is 1. The molecule has 5 rings (SSSR count). The molecule has 0 bridgehead atoms. The van der Waals surface area contributed by atoms with Crippen molar-refractivity contribution in [3.8, 4) is 12.1 Å². The number of halogens is 1. The summed E-state index contributed by atoms with van der Waals surface area (Å²) < 4.78 is 21.0. The van der Waals surface area contributed by atoms with Crippen molar-refractivity contribution in [3.63, 3.8) is 0 Å². The zero-order valence-corrected chi connectivity index (χ0v) is 20.9. The van der Waals surface area contributed by atoms with E-state index >= 15 is 4.39 Å². The van der Waals surface area contributed by atoms with Gasteiger partial charge in [-0.3, -0.25) is 9.89 Å². The second kappa shape index (κ2) is 9.88. The molecule has 1 amide bonds. The van der Waals surface area contributed by atoms with Crippen molar-refractivity contribution < 1.29 is 13.9 Å². The van der Waals surface area contributed by atoms with Crippen molar-refractivity contribution in [3.05, 3.63) is 58.4 Å². The van der Waals surface area contributed by atoms with E-state index < -0.39 is 5.67 Å². The molecule has 8 heteroatoms. The molecular formula is C28H32FN5O2. The van der Waals surface area contributed by atoms with Gasteiger partial charge in [0.15, 0.2) is 5.82 Å². The Morgan fingerprint density at radius 1 is 1.28 bits per heavy atom. The number of ether oxygens (including phenoxy) is 1. The summed E-state index contributed by atoms with van der Waals surface area (Å²) in [5.74, 6) is 1.28. The highest BCUT2D eigenvalue weighted by Gasteiger charge is 2.40. The fraction of sp³-hybridized carbons (Fsp3) is 0.500. The molecule has 0 spiro atoms. The second-order valence-corrected chi connectivity index (χ2v) is 10.1. The molecule has 188 valence electrons. The predicted octanol–water partition coefficient (Wildman–Crippen LogP) is 5.08. The Morgan fingerprint density at radius 2 is 2.00 bits per heavy atom. The molecule has 3 aliphatic rings. The van der Waals surface area contributed by atoms with Gasteiger partial charge in [-0.1, -0.05) is 31.1 Å². The number of methoxy groups -OCH3 is 1. The number of likely N-dealkylation sites (tertiary alicyclic amines) is 1. The molecule has 1 aliphatic heterocycles. The lowest BCUT2D eigenvalue weighted by Crippen LogP contribution is -2.45. The molecule has 1 saturated heterocycles. The van der Waals surface area contributed by atoms with E-state index in [-0.39, 0.29) is 30.7 Å². The SMILES string of the molecule is CCC1CC(C2CCC2)=C(c2nc(OC)n[nH]2)C=C1C(=O)N1CCC(F)(c2ccc(C#N)cc2)CC1. The van der Waals surface area contributed by atoms with E-state index in [0.29, 0.717) is 36.0 Å². The first-order valence-electron chi connectivity index (χ1n) is 12.9. The molecule has 2 aliphatic carbocycles. The van der Waals surface area contributed by atoms with Crippen LogP contribution in [0.5, 0.6) is 6.01 Å². The van der Waals surface area contributed by atoms with Crippen molar-refractivity contribution in [1.82, 2.24) is 20.1 Å². The van der Waals surface area contributed by atoms with Crippen LogP contribution < -0.4 is 4.74 Å². The average Bonchev–Trinajstić information content (AvgIpc) is 3.37. The monoisotopic (exact) mass is 489 g/mol. The molecule has 36 heavy (non-hydrogen) atoms. The van der Waals surface area contributed by atoms with Gasteiger partial charge in [-0.15, -0.1) is 5.10 Å². The second-order valence-electron chi connectivity index (χ2n) is 10.1. The van der Waals surface area contributed by atoms with Gasteiger partial charge in [0.2, 0.25) is 5.91 Å². The zero-order valence-electron chi connectivity index (χ0n) is 20.9. The Balaban J connectivity index is 1.39. The minimum atomic E-state index is -1.49. The highest BCUT2D eigenvalue weighted by atomic mass is 19.1. The molecule has 2 fully saturated rings. The maximum atomic E-state index is 15.8. The number of alkyl halides is 1. The van der Waals surface area contributed by atoms with Gasteiger partial charge in [-0.05, 0) is 61.3 Å². The van der Waals surface area contributed by atoms with Crippen LogP contribution in [0.3, 0.4) is 0 Å². The molecule has 0 radical (unpaired) electrons. The summed E-state index contributed by atoms with van der Waals surface area (Å²) in [6, 6.07) is 9.04. The Hall–Kier alpha value is -3.47. The number of nitrogens with one attached hydrogen (secondary N) is 1. The number of benzene rings is 1. The lowest BCUT2D eigenvalue weighted by molar-refractivity contribution is -0.130. The summed E-state index contributed by atoms with van der Waals surface area (Å²) in [4.78, 5) is 20.0. The van der Waals surface area contributed by atoms with Crippen molar-refractivity contribution in [2.75, 3.05) is 20.2 Å². The number of nitrogens with zero attached hydrogens (tertiary/aromatic N) is 4. The molecule has 1 unspecified atom stereocenters. The Labute approximate surface area is 211 Å². The summed E-state index contributed by atoms with van der Waals surface area (Å²) in [6.07, 6.45) is 7.75. The van der Waals surface area contributed by atoms with Crippen LogP contribution in [0.1, 0.15) is 68.8 Å². The number of nitriles is 1. The maximum absolute atomic E-state index is 15.8. The van der Waals surface area contributed by atoms with Gasteiger partial charge in [-0.25, -0.2) is 4.39 Å². The molecule has 1 N–H and O–H groups in total. The van der Waals surface area contributed by atoms with Crippen LogP contribution in [0.25, 0.3) is 5.57 Å². The van der Waals surface area contributed by atoms with Crippen molar-refractivity contribution in [2.24, 2.45) is 11.8 Å². The van der Waals surface area contributed by atoms with Gasteiger partial charge in [-0.2, -0.15) is 10.2 Å². The number of aromatic nitrogens is 3. The molecule has 2 heterocycles. The average molecular weight is 490 g/mol. The number of amides is 1. The van der Waals surface area contributed by atoms with Gasteiger partial charge in [0.25, 0.3) is 0 Å². The predicted molar refractivity (Wildman–Crippen MR) is 133 cm³/mol. The lowest BCUT2D eigenvalue weighted by atomic mass is 9.70. The van der Waals surface area contributed by atoms with E-state index in [0.717, 1.165) is 36.8 Å². The minimum absolute atomic E-state index is 0.0135. The van der Waals surface area contributed by atoms with Gasteiger partial charge in [0.05, 0.1) is 18.7 Å². The molecule has 1 atom stereocenters. The maximum Gasteiger partial charge on any atom is 0.335 e. The topological polar surface area (TPSA) is 94.9 Å². The number of rotatable bonds is 6. The third kappa shape index (κ3) is 4.43. The number of carbonyl (C=O) groups is 1. The van der Waals surface area contributed by atoms with Crippen LogP contribution in [0, 0.1) is 23.2 Å². The lowest BCUT2D eigenvalue weighted by Gasteiger charge is -2.39. The van der Waals surface area contributed by atoms with E-state index in [4.69, 9.17) is 10.00 Å². The molecular weight excluding hydrogens is 457 g/mol. The quantitative estimate of drug-likeness (QED) is 0.610. The van der Waals surface area contributed by atoms with Crippen molar-refractivity contribution in [2.45, 2.75) is 57.5 Å². The number of aromatic amines is 1. The van der Waals surface area contributed by atoms with E-state index in [9.17, 15) is 4.79 Å². The number of H-pyrrole nitrogens is 1. The number of allylic oxidation sites excluding steroid dienone is 3. The third-order valence-corrected chi connectivity index (χ3v) is 8.17. The first-order valence-corrected chi connectivity index (χ1v) is 12.9. The number of piperidine rings is 1. The van der Waals surface area contributed by atoms with Crippen LogP contribution in [0.4, 0.5) is 4.39 Å². The fourth-order valence-electron chi connectivity index (χ4n) is 5.65. The first kappa shape index (κ1) is 24.2. The van der Waals surface area contributed by atoms with Crippen LogP contribution in [-0.4, -0.2) is 46.2 Å². The van der Waals surface area contributed by atoms with Gasteiger partial charge in [0.1, 0.15) is 5.67 Å². The Kier molecular flexibility index (Phi) is 6.65. The largest absolute Gasteiger partial charge is 0.466 e. The van der Waals surface area contributed by atoms with Gasteiger partial charge in [0, 0.05) is 37.1 Å². The summed E-state index contributed by atoms with van der Waals surface area (Å²) in [5, 5.41) is 16.1. The molecule has 1 saturated carbocycles. The summed E-state index contributed by atoms with van der Waals surface area (Å²) >= 11 is 0. The smallest absolute Gasteiger partial charge is 0.335 e. The van der Waals surface area contributed by atoms with Crippen LogP contribution in [0.2, 0.25) is 0 Å². The molecule has 1 aromatic heterocycles. The first-order chi connectivity index (χ1) is 17.5.